The monoisotopic (exact) mass is 1280 g/mol. The third kappa shape index (κ3) is 25.9. The van der Waals surface area contributed by atoms with E-state index in [0.29, 0.717) is 0 Å². The number of aliphatic hydroxyl groups is 1. The number of nitrogens with two attached hydrogens (primary N) is 4. The number of esters is 1. The minimum Gasteiger partial charge on any atom is -0.481 e. The normalized spacial score (nSPS) is 23.5. The number of Topliss-reactive ketones (excluding diaryl/α,β-unsaturated/α-hetero) is 1. The summed E-state index contributed by atoms with van der Waals surface area (Å²) in [7, 11) is 0. The lowest BCUT2D eigenvalue weighted by molar-refractivity contribution is -0.156. The molecule has 90 heavy (non-hydrogen) atoms. The number of aliphatic hydroxyl groups excluding tert-OH is 1. The number of para-hydroxylation sites is 1. The molecule has 0 spiro atoms. The number of benzene rings is 1. The molecule has 12 amide bonds. The summed E-state index contributed by atoms with van der Waals surface area (Å²) in [6.07, 6.45) is -9.00. The van der Waals surface area contributed by atoms with Gasteiger partial charge in [-0.05, 0) is 51.3 Å². The summed E-state index contributed by atoms with van der Waals surface area (Å²) in [5.74, 6) is -27.2. The van der Waals surface area contributed by atoms with Crippen molar-refractivity contribution in [1.29, 1.82) is 0 Å². The van der Waals surface area contributed by atoms with E-state index in [-0.39, 0.29) is 30.6 Å². The van der Waals surface area contributed by atoms with Gasteiger partial charge < -0.3 is 112 Å². The Morgan fingerprint density at radius 1 is 0.611 bits per heavy atom. The van der Waals surface area contributed by atoms with Crippen molar-refractivity contribution in [3.05, 3.63) is 29.8 Å². The molecule has 12 unspecified atom stereocenters. The molecule has 0 bridgehead atoms. The largest absolute Gasteiger partial charge is 0.481 e. The van der Waals surface area contributed by atoms with Gasteiger partial charge in [0.2, 0.25) is 70.9 Å². The van der Waals surface area contributed by atoms with Crippen LogP contribution in [0.3, 0.4) is 0 Å². The standard InChI is InChI=1S/C51H73N15O24/c1-20(11-36(72)73)40-50(88)64-30(13-32(68)23-7-4-5-8-24(23)53)51(89)90-22(3)41(66-47(85)29(16-39(78)79)62-43(81)25(54)12-33(55)69)49(87)57-18-34(70)59-26(9-6-10-52)45(83)63-28(15-38(76)77)46(84)58-21(2)42(80)61-27(14-37(74)75)44(82)56-17-35(71)60-31(19-67)48(86)65-40/h4-5,7-8,20-22,25-31,40-41,67H,6,9-19,52-54H2,1-3H3,(H2,55,69)(H,56,82)(H,57,87)(H,58,84)(H,59,70)(H,60,71)(H,61,80)(H,62,81)(H,63,83)(H,64,88)(H,65,86)(H,66,85)(H,72,73)(H,74,75)(H,76,77)(H,78,79). The molecule has 0 aliphatic carbocycles. The minimum absolute atomic E-state index is 0.0580. The van der Waals surface area contributed by atoms with Crippen molar-refractivity contribution in [2.24, 2.45) is 23.1 Å². The van der Waals surface area contributed by atoms with Crippen molar-refractivity contribution in [1.82, 2.24) is 58.5 Å². The van der Waals surface area contributed by atoms with Crippen LogP contribution >= 0.6 is 0 Å². The molecule has 2 rings (SSSR count). The average molecular weight is 1280 g/mol. The SMILES string of the molecule is CC1NC(=O)C(CC(=O)O)NC(=O)C(CCCN)NC(=O)CNC(=O)C(NC(=O)C(CC(=O)O)NC(=O)C(N)CC(N)=O)C(C)OC(=O)C(CC(=O)c2ccccc2N)NC(=O)C(C(C)CC(=O)O)NC(=O)C(CO)NC(=O)CNC(=O)C(CC(=O)O)NC1=O. The highest BCUT2D eigenvalue weighted by atomic mass is 16.5. The van der Waals surface area contributed by atoms with Gasteiger partial charge in [0.15, 0.2) is 5.78 Å². The highest BCUT2D eigenvalue weighted by Crippen LogP contribution is 2.17. The summed E-state index contributed by atoms with van der Waals surface area (Å²) in [5, 5.41) is 71.5. The van der Waals surface area contributed by atoms with Gasteiger partial charge in [-0.2, -0.15) is 0 Å². The van der Waals surface area contributed by atoms with Gasteiger partial charge in [0.1, 0.15) is 60.5 Å². The number of nitrogen functional groups attached to an aromatic ring is 1. The molecule has 1 heterocycles. The van der Waals surface area contributed by atoms with E-state index < -0.39 is 237 Å². The number of anilines is 1. The van der Waals surface area contributed by atoms with Crippen LogP contribution in [0.15, 0.2) is 24.3 Å². The number of carbonyl (C=O) groups is 18. The molecule has 39 nitrogen and oxygen atoms in total. The zero-order valence-electron chi connectivity index (χ0n) is 48.5. The van der Waals surface area contributed by atoms with Crippen LogP contribution in [0, 0.1) is 5.92 Å². The molecule has 1 aliphatic rings. The van der Waals surface area contributed by atoms with Crippen molar-refractivity contribution >= 4 is 112 Å². The number of hydrogen-bond donors (Lipinski definition) is 20. The molecule has 0 aromatic heterocycles. The van der Waals surface area contributed by atoms with Gasteiger partial charge >= 0.3 is 29.8 Å². The second-order valence-electron chi connectivity index (χ2n) is 20.2. The first-order valence-corrected chi connectivity index (χ1v) is 27.2. The maximum absolute atomic E-state index is 14.4. The summed E-state index contributed by atoms with van der Waals surface area (Å²) < 4.78 is 5.54. The van der Waals surface area contributed by atoms with E-state index in [1.807, 2.05) is 26.6 Å². The molecule has 0 radical (unpaired) electrons. The summed E-state index contributed by atoms with van der Waals surface area (Å²) in [5.41, 5.74) is 22.0. The maximum atomic E-state index is 14.4. The molecular weight excluding hydrogens is 1210 g/mol. The van der Waals surface area contributed by atoms with Crippen molar-refractivity contribution in [2.75, 3.05) is 32.0 Å². The Hall–Kier alpha value is -10.4. The van der Waals surface area contributed by atoms with E-state index in [1.54, 1.807) is 0 Å². The van der Waals surface area contributed by atoms with Crippen molar-refractivity contribution in [3.63, 3.8) is 0 Å². The molecule has 1 aliphatic heterocycles. The van der Waals surface area contributed by atoms with Crippen LogP contribution in [0.1, 0.15) is 82.5 Å². The number of carboxylic acids is 4. The lowest BCUT2D eigenvalue weighted by Crippen LogP contribution is -2.61. The van der Waals surface area contributed by atoms with E-state index >= 15 is 0 Å². The van der Waals surface area contributed by atoms with Crippen LogP contribution in [0.5, 0.6) is 0 Å². The summed E-state index contributed by atoms with van der Waals surface area (Å²) in [4.78, 5) is 237. The first-order valence-electron chi connectivity index (χ1n) is 27.2. The number of ether oxygens (including phenoxy) is 1. The van der Waals surface area contributed by atoms with Gasteiger partial charge in [-0.15, -0.1) is 0 Å². The topological polar surface area (TPSA) is 654 Å². The van der Waals surface area contributed by atoms with Crippen LogP contribution < -0.4 is 81.4 Å². The Balaban J connectivity index is 2.93. The summed E-state index contributed by atoms with van der Waals surface area (Å²) in [6.45, 7) is -0.775. The molecule has 0 saturated carbocycles. The number of amides is 12. The summed E-state index contributed by atoms with van der Waals surface area (Å²) in [6, 6.07) is -15.0. The predicted molar refractivity (Wildman–Crippen MR) is 300 cm³/mol. The van der Waals surface area contributed by atoms with E-state index in [0.717, 1.165) is 20.8 Å². The van der Waals surface area contributed by atoms with Gasteiger partial charge in [-0.3, -0.25) is 81.5 Å². The molecule has 39 heteroatoms. The number of carboxylic acid groups (broad SMARTS) is 4. The number of cyclic esters (lactones) is 1. The highest BCUT2D eigenvalue weighted by Gasteiger charge is 2.40. The Kier molecular flexibility index (Phi) is 30.8. The molecule has 1 aromatic carbocycles. The first-order chi connectivity index (χ1) is 42.1. The molecule has 1 saturated heterocycles. The van der Waals surface area contributed by atoms with Crippen molar-refractivity contribution in [3.8, 4) is 0 Å². The molecule has 496 valence electrons. The number of ketones is 1. The second kappa shape index (κ2) is 36.6. The molecule has 12 atom stereocenters. The number of aliphatic carboxylic acids is 4. The van der Waals surface area contributed by atoms with E-state index in [1.165, 1.54) is 24.3 Å². The third-order valence-corrected chi connectivity index (χ3v) is 12.8. The van der Waals surface area contributed by atoms with Crippen LogP contribution in [-0.2, 0) is 86.2 Å². The number of primary amides is 1. The van der Waals surface area contributed by atoms with E-state index in [4.69, 9.17) is 27.7 Å². The van der Waals surface area contributed by atoms with E-state index in [2.05, 4.69) is 31.9 Å². The van der Waals surface area contributed by atoms with Gasteiger partial charge in [0, 0.05) is 17.7 Å². The quantitative estimate of drug-likeness (QED) is 0.0291. The third-order valence-electron chi connectivity index (χ3n) is 12.8. The Morgan fingerprint density at radius 3 is 1.68 bits per heavy atom. The Morgan fingerprint density at radius 2 is 1.13 bits per heavy atom. The fraction of sp³-hybridized carbons (Fsp3) is 0.529. The van der Waals surface area contributed by atoms with Gasteiger partial charge in [-0.1, -0.05) is 19.1 Å². The maximum Gasteiger partial charge on any atom is 0.329 e. The van der Waals surface area contributed by atoms with Crippen molar-refractivity contribution < 1.29 is 117 Å². The second-order valence-corrected chi connectivity index (χ2v) is 20.2. The first kappa shape index (κ1) is 75.7. The molecule has 1 aromatic rings. The van der Waals surface area contributed by atoms with Gasteiger partial charge in [-0.25, -0.2) is 4.79 Å². The minimum atomic E-state index is -2.33. The lowest BCUT2D eigenvalue weighted by Gasteiger charge is -2.30. The lowest BCUT2D eigenvalue weighted by atomic mass is 9.96. The zero-order valence-corrected chi connectivity index (χ0v) is 48.5. The fourth-order valence-electron chi connectivity index (χ4n) is 8.13. The number of carbonyl (C=O) groups excluding carboxylic acids is 14. The number of hydrogen-bond acceptors (Lipinski definition) is 23. The Labute approximate surface area is 509 Å². The van der Waals surface area contributed by atoms with Crippen LogP contribution in [0.2, 0.25) is 0 Å². The number of nitrogens with one attached hydrogen (secondary N) is 11. The number of rotatable bonds is 22. The smallest absolute Gasteiger partial charge is 0.329 e. The summed E-state index contributed by atoms with van der Waals surface area (Å²) >= 11 is 0. The van der Waals surface area contributed by atoms with Gasteiger partial charge in [0.25, 0.3) is 0 Å². The zero-order chi connectivity index (χ0) is 68.3. The van der Waals surface area contributed by atoms with Crippen LogP contribution in [0.4, 0.5) is 5.69 Å². The molecule has 24 N–H and O–H groups in total. The molecule has 1 fully saturated rings. The van der Waals surface area contributed by atoms with Crippen molar-refractivity contribution in [2.45, 2.75) is 139 Å². The van der Waals surface area contributed by atoms with Gasteiger partial charge in [0.05, 0.1) is 57.8 Å². The fourth-order valence-corrected chi connectivity index (χ4v) is 8.13. The van der Waals surface area contributed by atoms with E-state index in [9.17, 15) is 112 Å². The molecular formula is C51H73N15O24. The average Bonchev–Trinajstić information content (AvgIpc) is 1.98. The predicted octanol–water partition coefficient (Wildman–Crippen LogP) is -10.1. The van der Waals surface area contributed by atoms with Crippen LogP contribution in [0.25, 0.3) is 0 Å². The Bertz CT molecular complexity index is 2910. The van der Waals surface area contributed by atoms with Crippen LogP contribution in [-0.4, -0.2) is 225 Å². The highest BCUT2D eigenvalue weighted by molar-refractivity contribution is 6.05.